The molecular formula is C22H22FN5O2S. The zero-order chi connectivity index (χ0) is 21.8. The van der Waals surface area contributed by atoms with Crippen molar-refractivity contribution in [1.82, 2.24) is 20.4 Å². The Bertz CT molecular complexity index is 1070. The molecule has 4 rings (SSSR count). The quantitative estimate of drug-likeness (QED) is 0.621. The van der Waals surface area contributed by atoms with Crippen molar-refractivity contribution < 1.29 is 14.0 Å². The standard InChI is InChI=1S/C22H22FN5O2S/c1-14-4-6-15(7-5-14)13-24-22(30)28-12-2-3-18(28)20-26-27-21(31-20)19(29)25-17-10-8-16(23)9-11-17/h4-11,18H,2-3,12-13H2,1H3,(H,24,30)(H,25,29)/t18-/m0/s1. The third kappa shape index (κ3) is 5.05. The maximum Gasteiger partial charge on any atom is 0.318 e. The van der Waals surface area contributed by atoms with Gasteiger partial charge >= 0.3 is 6.03 Å². The molecule has 3 aromatic rings. The second-order valence-electron chi connectivity index (χ2n) is 7.40. The molecule has 1 atom stereocenters. The number of aromatic nitrogens is 2. The molecule has 7 nitrogen and oxygen atoms in total. The first-order valence-corrected chi connectivity index (χ1v) is 10.8. The van der Waals surface area contributed by atoms with Crippen molar-refractivity contribution in [2.75, 3.05) is 11.9 Å². The average Bonchev–Trinajstić information content (AvgIpc) is 3.44. The molecule has 2 N–H and O–H groups in total. The smallest absolute Gasteiger partial charge is 0.318 e. The van der Waals surface area contributed by atoms with Crippen LogP contribution in [0.1, 0.15) is 44.8 Å². The van der Waals surface area contributed by atoms with Gasteiger partial charge in [-0.2, -0.15) is 0 Å². The fraction of sp³-hybridized carbons (Fsp3) is 0.273. The van der Waals surface area contributed by atoms with Crippen molar-refractivity contribution in [3.8, 4) is 0 Å². The molecule has 0 saturated carbocycles. The fourth-order valence-electron chi connectivity index (χ4n) is 3.43. The topological polar surface area (TPSA) is 87.2 Å². The lowest BCUT2D eigenvalue weighted by Crippen LogP contribution is -2.39. The van der Waals surface area contributed by atoms with Gasteiger partial charge in [0, 0.05) is 18.8 Å². The van der Waals surface area contributed by atoms with E-state index in [0.717, 1.165) is 18.4 Å². The summed E-state index contributed by atoms with van der Waals surface area (Å²) in [5.41, 5.74) is 2.68. The van der Waals surface area contributed by atoms with E-state index in [1.54, 1.807) is 4.90 Å². The Balaban J connectivity index is 1.38. The molecular weight excluding hydrogens is 417 g/mol. The third-order valence-corrected chi connectivity index (χ3v) is 6.12. The van der Waals surface area contributed by atoms with E-state index in [1.165, 1.54) is 41.2 Å². The molecule has 1 aromatic heterocycles. The number of urea groups is 1. The predicted molar refractivity (Wildman–Crippen MR) is 116 cm³/mol. The molecule has 1 saturated heterocycles. The van der Waals surface area contributed by atoms with Crippen LogP contribution in [-0.2, 0) is 6.54 Å². The molecule has 2 aromatic carbocycles. The summed E-state index contributed by atoms with van der Waals surface area (Å²) < 4.78 is 13.0. The van der Waals surface area contributed by atoms with Crippen LogP contribution in [0.25, 0.3) is 0 Å². The Hall–Kier alpha value is -3.33. The predicted octanol–water partition coefficient (Wildman–Crippen LogP) is 4.28. The van der Waals surface area contributed by atoms with E-state index < -0.39 is 5.91 Å². The second kappa shape index (κ2) is 9.22. The highest BCUT2D eigenvalue weighted by atomic mass is 32.1. The minimum Gasteiger partial charge on any atom is -0.334 e. The van der Waals surface area contributed by atoms with Crippen molar-refractivity contribution in [2.45, 2.75) is 32.4 Å². The molecule has 1 aliphatic rings. The first kappa shape index (κ1) is 20.9. The molecule has 0 unspecified atom stereocenters. The van der Waals surface area contributed by atoms with Crippen molar-refractivity contribution in [2.24, 2.45) is 0 Å². The molecule has 9 heteroatoms. The SMILES string of the molecule is Cc1ccc(CNC(=O)N2CCC[C@H]2c2nnc(C(=O)Nc3ccc(F)cc3)s2)cc1. The Labute approximate surface area is 183 Å². The summed E-state index contributed by atoms with van der Waals surface area (Å²) in [5.74, 6) is -0.790. The van der Waals surface area contributed by atoms with Crippen LogP contribution >= 0.6 is 11.3 Å². The number of amides is 3. The van der Waals surface area contributed by atoms with E-state index in [2.05, 4.69) is 20.8 Å². The molecule has 0 spiro atoms. The van der Waals surface area contributed by atoms with E-state index in [-0.39, 0.29) is 22.9 Å². The summed E-state index contributed by atoms with van der Waals surface area (Å²) in [4.78, 5) is 26.9. The van der Waals surface area contributed by atoms with E-state index in [9.17, 15) is 14.0 Å². The normalized spacial score (nSPS) is 15.7. The monoisotopic (exact) mass is 439 g/mol. The second-order valence-corrected chi connectivity index (χ2v) is 8.41. The van der Waals surface area contributed by atoms with Gasteiger partial charge in [-0.25, -0.2) is 9.18 Å². The van der Waals surface area contributed by atoms with Crippen LogP contribution in [0.15, 0.2) is 48.5 Å². The summed E-state index contributed by atoms with van der Waals surface area (Å²) in [5, 5.41) is 14.6. The van der Waals surface area contributed by atoms with Gasteiger partial charge in [-0.3, -0.25) is 4.79 Å². The number of carbonyl (C=O) groups excluding carboxylic acids is 2. The Morgan fingerprint density at radius 3 is 2.61 bits per heavy atom. The molecule has 1 aliphatic heterocycles. The zero-order valence-corrected chi connectivity index (χ0v) is 17.8. The number of carbonyl (C=O) groups is 2. The molecule has 3 amide bonds. The van der Waals surface area contributed by atoms with Gasteiger partial charge in [0.15, 0.2) is 0 Å². The van der Waals surface area contributed by atoms with Crippen LogP contribution in [0.3, 0.4) is 0 Å². The Morgan fingerprint density at radius 2 is 1.87 bits per heavy atom. The van der Waals surface area contributed by atoms with Gasteiger partial charge in [0.05, 0.1) is 6.04 Å². The molecule has 0 radical (unpaired) electrons. The Kier molecular flexibility index (Phi) is 6.22. The lowest BCUT2D eigenvalue weighted by molar-refractivity contribution is 0.102. The number of hydrogen-bond acceptors (Lipinski definition) is 5. The number of anilines is 1. The van der Waals surface area contributed by atoms with Gasteiger partial charge in [0.2, 0.25) is 5.01 Å². The van der Waals surface area contributed by atoms with E-state index >= 15 is 0 Å². The Morgan fingerprint density at radius 1 is 1.13 bits per heavy atom. The summed E-state index contributed by atoms with van der Waals surface area (Å²) >= 11 is 1.17. The lowest BCUT2D eigenvalue weighted by atomic mass is 10.1. The largest absolute Gasteiger partial charge is 0.334 e. The van der Waals surface area contributed by atoms with Crippen LogP contribution in [0.2, 0.25) is 0 Å². The molecule has 0 aliphatic carbocycles. The number of rotatable bonds is 5. The van der Waals surface area contributed by atoms with E-state index in [0.29, 0.717) is 23.8 Å². The molecule has 1 fully saturated rings. The third-order valence-electron chi connectivity index (χ3n) is 5.10. The highest BCUT2D eigenvalue weighted by Gasteiger charge is 2.33. The molecule has 2 heterocycles. The number of likely N-dealkylation sites (tertiary alicyclic amines) is 1. The molecule has 31 heavy (non-hydrogen) atoms. The van der Waals surface area contributed by atoms with Crippen LogP contribution in [-0.4, -0.2) is 33.6 Å². The van der Waals surface area contributed by atoms with Crippen molar-refractivity contribution in [1.29, 1.82) is 0 Å². The summed E-state index contributed by atoms with van der Waals surface area (Å²) in [7, 11) is 0. The van der Waals surface area contributed by atoms with Gasteiger partial charge in [-0.15, -0.1) is 10.2 Å². The van der Waals surface area contributed by atoms with E-state index in [4.69, 9.17) is 0 Å². The number of nitrogens with one attached hydrogen (secondary N) is 2. The van der Waals surface area contributed by atoms with Gasteiger partial charge in [-0.1, -0.05) is 41.2 Å². The molecule has 0 bridgehead atoms. The van der Waals surface area contributed by atoms with Crippen LogP contribution in [0, 0.1) is 12.7 Å². The maximum absolute atomic E-state index is 13.0. The van der Waals surface area contributed by atoms with Crippen molar-refractivity contribution in [3.05, 3.63) is 75.5 Å². The highest BCUT2D eigenvalue weighted by Crippen LogP contribution is 2.33. The summed E-state index contributed by atoms with van der Waals surface area (Å²) in [6.07, 6.45) is 1.63. The van der Waals surface area contributed by atoms with Gasteiger partial charge in [-0.05, 0) is 49.6 Å². The average molecular weight is 440 g/mol. The molecule has 160 valence electrons. The van der Waals surface area contributed by atoms with Crippen LogP contribution < -0.4 is 10.6 Å². The van der Waals surface area contributed by atoms with Gasteiger partial charge in [0.1, 0.15) is 10.8 Å². The van der Waals surface area contributed by atoms with Crippen molar-refractivity contribution >= 4 is 29.0 Å². The zero-order valence-electron chi connectivity index (χ0n) is 17.0. The highest BCUT2D eigenvalue weighted by molar-refractivity contribution is 7.13. The fourth-order valence-corrected chi connectivity index (χ4v) is 4.32. The summed E-state index contributed by atoms with van der Waals surface area (Å²) in [6.45, 7) is 3.10. The van der Waals surface area contributed by atoms with Crippen LogP contribution in [0.4, 0.5) is 14.9 Å². The lowest BCUT2D eigenvalue weighted by Gasteiger charge is -2.23. The number of benzene rings is 2. The first-order valence-electron chi connectivity index (χ1n) is 10.00. The summed E-state index contributed by atoms with van der Waals surface area (Å²) in [6, 6.07) is 13.2. The van der Waals surface area contributed by atoms with Crippen LogP contribution in [0.5, 0.6) is 0 Å². The van der Waals surface area contributed by atoms with Gasteiger partial charge in [0.25, 0.3) is 5.91 Å². The first-order chi connectivity index (χ1) is 15.0. The van der Waals surface area contributed by atoms with E-state index in [1.807, 2.05) is 31.2 Å². The number of halogens is 1. The van der Waals surface area contributed by atoms with Crippen molar-refractivity contribution in [3.63, 3.8) is 0 Å². The minimum atomic E-state index is -0.413. The number of hydrogen-bond donors (Lipinski definition) is 2. The number of nitrogens with zero attached hydrogens (tertiary/aromatic N) is 3. The van der Waals surface area contributed by atoms with Gasteiger partial charge < -0.3 is 15.5 Å². The maximum atomic E-state index is 13.0. The minimum absolute atomic E-state index is 0.157. The number of aryl methyl sites for hydroxylation is 1.